The van der Waals surface area contributed by atoms with E-state index in [4.69, 9.17) is 9.47 Å². The summed E-state index contributed by atoms with van der Waals surface area (Å²) in [6, 6.07) is 8.42. The number of hydrogen-bond donors (Lipinski definition) is 1. The minimum atomic E-state index is 0.441. The van der Waals surface area contributed by atoms with Crippen LogP contribution in [0.15, 0.2) is 24.3 Å². The normalized spacial score (nSPS) is 23.8. The molecular formula is C17H27NO2. The fourth-order valence-electron chi connectivity index (χ4n) is 3.05. The highest BCUT2D eigenvalue weighted by molar-refractivity contribution is 5.27. The van der Waals surface area contributed by atoms with Crippen LogP contribution >= 0.6 is 0 Å². The van der Waals surface area contributed by atoms with Crippen LogP contribution in [0.4, 0.5) is 0 Å². The predicted molar refractivity (Wildman–Crippen MR) is 82.3 cm³/mol. The summed E-state index contributed by atoms with van der Waals surface area (Å²) in [5, 5.41) is 3.32. The van der Waals surface area contributed by atoms with Crippen molar-refractivity contribution in [1.29, 1.82) is 0 Å². The minimum Gasteiger partial charge on any atom is -0.497 e. The van der Waals surface area contributed by atoms with Gasteiger partial charge >= 0.3 is 0 Å². The highest BCUT2D eigenvalue weighted by Crippen LogP contribution is 2.26. The average Bonchev–Trinajstić information content (AvgIpc) is 2.85. The SMILES string of the molecule is CNCC(Cc1ccc(OC)cc1)CC1CCC(C)O1. The Bertz CT molecular complexity index is 390. The van der Waals surface area contributed by atoms with Gasteiger partial charge in [-0.05, 0) is 69.8 Å². The van der Waals surface area contributed by atoms with E-state index < -0.39 is 0 Å². The number of hydrogen-bond acceptors (Lipinski definition) is 3. The van der Waals surface area contributed by atoms with Crippen molar-refractivity contribution in [2.75, 3.05) is 20.7 Å². The molecule has 1 saturated heterocycles. The summed E-state index contributed by atoms with van der Waals surface area (Å²) in [4.78, 5) is 0. The molecule has 1 heterocycles. The zero-order chi connectivity index (χ0) is 14.4. The fourth-order valence-corrected chi connectivity index (χ4v) is 3.05. The van der Waals surface area contributed by atoms with Gasteiger partial charge in [0.2, 0.25) is 0 Å². The van der Waals surface area contributed by atoms with Gasteiger partial charge in [-0.2, -0.15) is 0 Å². The van der Waals surface area contributed by atoms with E-state index >= 15 is 0 Å². The summed E-state index contributed by atoms with van der Waals surface area (Å²) in [6.07, 6.45) is 5.55. The van der Waals surface area contributed by atoms with Crippen molar-refractivity contribution in [1.82, 2.24) is 5.32 Å². The molecule has 0 aromatic heterocycles. The molecule has 3 atom stereocenters. The standard InChI is InChI=1S/C17H27NO2/c1-13-4-7-17(20-13)11-15(12-18-2)10-14-5-8-16(19-3)9-6-14/h5-6,8-9,13,15,17-18H,4,7,10-12H2,1-3H3. The molecule has 3 nitrogen and oxygen atoms in total. The molecule has 112 valence electrons. The Morgan fingerprint density at radius 1 is 1.30 bits per heavy atom. The minimum absolute atomic E-state index is 0.441. The lowest BCUT2D eigenvalue weighted by Crippen LogP contribution is -2.25. The average molecular weight is 277 g/mol. The third-order valence-corrected chi connectivity index (χ3v) is 4.09. The maximum absolute atomic E-state index is 5.96. The Morgan fingerprint density at radius 3 is 2.60 bits per heavy atom. The van der Waals surface area contributed by atoms with Crippen LogP contribution in [-0.2, 0) is 11.2 Å². The van der Waals surface area contributed by atoms with Crippen molar-refractivity contribution < 1.29 is 9.47 Å². The molecule has 0 bridgehead atoms. The van der Waals surface area contributed by atoms with E-state index in [1.54, 1.807) is 7.11 Å². The number of nitrogens with one attached hydrogen (secondary N) is 1. The van der Waals surface area contributed by atoms with Crippen LogP contribution < -0.4 is 10.1 Å². The maximum Gasteiger partial charge on any atom is 0.118 e. The van der Waals surface area contributed by atoms with Crippen LogP contribution in [0.25, 0.3) is 0 Å². The van der Waals surface area contributed by atoms with E-state index in [1.165, 1.54) is 18.4 Å². The second-order valence-corrected chi connectivity index (χ2v) is 5.86. The molecule has 20 heavy (non-hydrogen) atoms. The lowest BCUT2D eigenvalue weighted by atomic mass is 9.92. The van der Waals surface area contributed by atoms with Crippen molar-refractivity contribution in [2.45, 2.75) is 44.8 Å². The summed E-state index contributed by atoms with van der Waals surface area (Å²) < 4.78 is 11.2. The van der Waals surface area contributed by atoms with Crippen molar-refractivity contribution in [2.24, 2.45) is 5.92 Å². The molecule has 1 fully saturated rings. The molecule has 1 aliphatic heterocycles. The van der Waals surface area contributed by atoms with Crippen molar-refractivity contribution in [3.05, 3.63) is 29.8 Å². The maximum atomic E-state index is 5.96. The monoisotopic (exact) mass is 277 g/mol. The number of methoxy groups -OCH3 is 1. The van der Waals surface area contributed by atoms with Crippen LogP contribution in [-0.4, -0.2) is 32.9 Å². The smallest absolute Gasteiger partial charge is 0.118 e. The van der Waals surface area contributed by atoms with Gasteiger partial charge in [-0.15, -0.1) is 0 Å². The summed E-state index contributed by atoms with van der Waals surface area (Å²) in [5.41, 5.74) is 1.37. The topological polar surface area (TPSA) is 30.5 Å². The Balaban J connectivity index is 1.90. The molecule has 1 aliphatic rings. The number of benzene rings is 1. The lowest BCUT2D eigenvalue weighted by molar-refractivity contribution is 0.0409. The molecule has 1 N–H and O–H groups in total. The van der Waals surface area contributed by atoms with Gasteiger partial charge in [0.1, 0.15) is 5.75 Å². The van der Waals surface area contributed by atoms with Gasteiger partial charge in [0.25, 0.3) is 0 Å². The van der Waals surface area contributed by atoms with Crippen LogP contribution in [0.5, 0.6) is 5.75 Å². The Labute approximate surface area is 122 Å². The Kier molecular flexibility index (Phi) is 5.86. The number of rotatable bonds is 7. The second-order valence-electron chi connectivity index (χ2n) is 5.86. The molecule has 1 aromatic carbocycles. The van der Waals surface area contributed by atoms with E-state index in [9.17, 15) is 0 Å². The molecular weight excluding hydrogens is 250 g/mol. The van der Waals surface area contributed by atoms with Crippen LogP contribution in [0.1, 0.15) is 31.7 Å². The molecule has 0 aliphatic carbocycles. The molecule has 3 unspecified atom stereocenters. The highest BCUT2D eigenvalue weighted by atomic mass is 16.5. The van der Waals surface area contributed by atoms with Gasteiger partial charge in [-0.25, -0.2) is 0 Å². The first-order valence-corrected chi connectivity index (χ1v) is 7.64. The van der Waals surface area contributed by atoms with Gasteiger partial charge < -0.3 is 14.8 Å². The quantitative estimate of drug-likeness (QED) is 0.831. The molecule has 0 saturated carbocycles. The molecule has 1 aromatic rings. The van der Waals surface area contributed by atoms with E-state index in [2.05, 4.69) is 24.4 Å². The van der Waals surface area contributed by atoms with E-state index in [-0.39, 0.29) is 0 Å². The third kappa shape index (κ3) is 4.50. The first-order chi connectivity index (χ1) is 9.71. The molecule has 2 rings (SSSR count). The van der Waals surface area contributed by atoms with Crippen LogP contribution in [0.2, 0.25) is 0 Å². The first kappa shape index (κ1) is 15.3. The van der Waals surface area contributed by atoms with Crippen molar-refractivity contribution >= 4 is 0 Å². The second kappa shape index (κ2) is 7.65. The largest absolute Gasteiger partial charge is 0.497 e. The zero-order valence-electron chi connectivity index (χ0n) is 12.9. The van der Waals surface area contributed by atoms with E-state index in [1.807, 2.05) is 19.2 Å². The summed E-state index contributed by atoms with van der Waals surface area (Å²) in [6.45, 7) is 3.22. The van der Waals surface area contributed by atoms with Gasteiger partial charge in [0.15, 0.2) is 0 Å². The molecule has 3 heteroatoms. The molecule has 0 radical (unpaired) electrons. The van der Waals surface area contributed by atoms with Gasteiger partial charge in [0.05, 0.1) is 19.3 Å². The first-order valence-electron chi connectivity index (χ1n) is 7.64. The molecule has 0 amide bonds. The van der Waals surface area contributed by atoms with E-state index in [0.29, 0.717) is 18.1 Å². The third-order valence-electron chi connectivity index (χ3n) is 4.09. The fraction of sp³-hybridized carbons (Fsp3) is 0.647. The zero-order valence-corrected chi connectivity index (χ0v) is 12.9. The van der Waals surface area contributed by atoms with Crippen molar-refractivity contribution in [3.8, 4) is 5.75 Å². The Morgan fingerprint density at radius 2 is 2.05 bits per heavy atom. The van der Waals surface area contributed by atoms with Gasteiger partial charge in [-0.3, -0.25) is 0 Å². The van der Waals surface area contributed by atoms with Crippen molar-refractivity contribution in [3.63, 3.8) is 0 Å². The highest BCUT2D eigenvalue weighted by Gasteiger charge is 2.24. The van der Waals surface area contributed by atoms with Crippen LogP contribution in [0, 0.1) is 5.92 Å². The van der Waals surface area contributed by atoms with Crippen LogP contribution in [0.3, 0.4) is 0 Å². The van der Waals surface area contributed by atoms with Gasteiger partial charge in [-0.1, -0.05) is 12.1 Å². The summed E-state index contributed by atoms with van der Waals surface area (Å²) >= 11 is 0. The van der Waals surface area contributed by atoms with Gasteiger partial charge in [0, 0.05) is 0 Å². The summed E-state index contributed by atoms with van der Waals surface area (Å²) in [5.74, 6) is 1.55. The lowest BCUT2D eigenvalue weighted by Gasteiger charge is -2.21. The number of ether oxygens (including phenoxy) is 2. The molecule has 0 spiro atoms. The summed E-state index contributed by atoms with van der Waals surface area (Å²) in [7, 11) is 3.73. The van der Waals surface area contributed by atoms with E-state index in [0.717, 1.165) is 25.1 Å². The Hall–Kier alpha value is -1.06. The predicted octanol–water partition coefficient (Wildman–Crippen LogP) is 3.03.